The molecule has 1 aliphatic heterocycles. The van der Waals surface area contributed by atoms with Crippen molar-refractivity contribution in [2.24, 2.45) is 5.92 Å². The van der Waals surface area contributed by atoms with Crippen molar-refractivity contribution in [3.63, 3.8) is 0 Å². The van der Waals surface area contributed by atoms with Gasteiger partial charge in [-0.25, -0.2) is 0 Å². The number of anilines is 1. The minimum atomic E-state index is -0.338. The van der Waals surface area contributed by atoms with Crippen molar-refractivity contribution in [3.8, 4) is 0 Å². The number of halogens is 1. The van der Waals surface area contributed by atoms with Gasteiger partial charge in [0.25, 0.3) is 0 Å². The Hall–Kier alpha value is -1.21. The van der Waals surface area contributed by atoms with E-state index in [2.05, 4.69) is 31.1 Å². The highest BCUT2D eigenvalue weighted by Gasteiger charge is 2.31. The Balaban J connectivity index is 1.88. The molecule has 2 heterocycles. The summed E-state index contributed by atoms with van der Waals surface area (Å²) in [6.07, 6.45) is 7.77. The van der Waals surface area contributed by atoms with Crippen LogP contribution in [0.4, 0.5) is 11.4 Å². The Morgan fingerprint density at radius 2 is 2.19 bits per heavy atom. The normalized spacial score (nSPS) is 21.5. The molecule has 0 spiro atoms. The second kappa shape index (κ2) is 6.27. The molecule has 2 fully saturated rings. The van der Waals surface area contributed by atoms with Crippen LogP contribution in [0.3, 0.4) is 0 Å². The molecule has 0 amide bonds. The average molecular weight is 355 g/mol. The lowest BCUT2D eigenvalue weighted by Gasteiger charge is -2.28. The van der Waals surface area contributed by atoms with Crippen LogP contribution in [0.15, 0.2) is 16.9 Å². The number of pyridine rings is 1. The van der Waals surface area contributed by atoms with E-state index in [1.807, 2.05) is 0 Å². The summed E-state index contributed by atoms with van der Waals surface area (Å²) in [7, 11) is 0. The molecule has 1 saturated heterocycles. The monoisotopic (exact) mass is 354 g/mol. The number of rotatable bonds is 6. The van der Waals surface area contributed by atoms with E-state index in [4.69, 9.17) is 0 Å². The summed E-state index contributed by atoms with van der Waals surface area (Å²) in [4.78, 5) is 17.1. The molecule has 1 N–H and O–H groups in total. The molecule has 1 aliphatic carbocycles. The van der Waals surface area contributed by atoms with Crippen LogP contribution in [0.2, 0.25) is 0 Å². The molecule has 1 unspecified atom stereocenters. The molecular formula is C14H19BrN4O2. The molecule has 2 aliphatic rings. The summed E-state index contributed by atoms with van der Waals surface area (Å²) in [6.45, 7) is 2.75. The lowest BCUT2D eigenvalue weighted by Crippen LogP contribution is -2.39. The maximum absolute atomic E-state index is 11.3. The van der Waals surface area contributed by atoms with Crippen LogP contribution >= 0.6 is 15.9 Å². The summed E-state index contributed by atoms with van der Waals surface area (Å²) < 4.78 is 0.704. The maximum atomic E-state index is 11.3. The van der Waals surface area contributed by atoms with Crippen molar-refractivity contribution >= 4 is 27.3 Å². The van der Waals surface area contributed by atoms with E-state index in [9.17, 15) is 10.1 Å². The molecule has 1 atom stereocenters. The van der Waals surface area contributed by atoms with E-state index in [0.29, 0.717) is 22.1 Å². The van der Waals surface area contributed by atoms with Crippen molar-refractivity contribution in [2.45, 2.75) is 31.7 Å². The maximum Gasteiger partial charge on any atom is 0.311 e. The fourth-order valence-corrected chi connectivity index (χ4v) is 3.48. The number of hydrogen-bond acceptors (Lipinski definition) is 5. The quantitative estimate of drug-likeness (QED) is 0.628. The zero-order valence-electron chi connectivity index (χ0n) is 11.8. The van der Waals surface area contributed by atoms with Gasteiger partial charge in [-0.15, -0.1) is 0 Å². The lowest BCUT2D eigenvalue weighted by atomic mass is 10.2. The second-order valence-electron chi connectivity index (χ2n) is 5.89. The van der Waals surface area contributed by atoms with Crippen LogP contribution in [-0.4, -0.2) is 35.6 Å². The zero-order chi connectivity index (χ0) is 14.8. The van der Waals surface area contributed by atoms with Gasteiger partial charge < -0.3 is 10.2 Å². The molecule has 21 heavy (non-hydrogen) atoms. The van der Waals surface area contributed by atoms with E-state index in [0.717, 1.165) is 26.1 Å². The Labute approximate surface area is 132 Å². The van der Waals surface area contributed by atoms with Crippen LogP contribution in [0.25, 0.3) is 0 Å². The fraction of sp³-hybridized carbons (Fsp3) is 0.643. The van der Waals surface area contributed by atoms with Crippen LogP contribution in [0.5, 0.6) is 0 Å². The predicted octanol–water partition coefficient (Wildman–Crippen LogP) is 2.72. The van der Waals surface area contributed by atoms with Crippen molar-refractivity contribution in [3.05, 3.63) is 27.0 Å². The third-order valence-electron chi connectivity index (χ3n) is 4.15. The SMILES string of the molecule is O=[N+]([O-])c1cncc(Br)c1N(CC1CC1)CC1CCCN1. The first-order chi connectivity index (χ1) is 10.1. The van der Waals surface area contributed by atoms with E-state index < -0.39 is 0 Å². The van der Waals surface area contributed by atoms with Gasteiger partial charge in [-0.1, -0.05) is 0 Å². The third kappa shape index (κ3) is 3.52. The van der Waals surface area contributed by atoms with Crippen molar-refractivity contribution < 1.29 is 4.92 Å². The van der Waals surface area contributed by atoms with Gasteiger partial charge in [-0.3, -0.25) is 15.1 Å². The molecule has 0 radical (unpaired) electrons. The summed E-state index contributed by atoms with van der Waals surface area (Å²) in [5.41, 5.74) is 0.763. The first-order valence-corrected chi connectivity index (χ1v) is 8.20. The van der Waals surface area contributed by atoms with Gasteiger partial charge >= 0.3 is 5.69 Å². The standard InChI is InChI=1S/C14H19BrN4O2/c15-12-6-16-7-13(19(20)21)14(12)18(8-10-3-4-10)9-11-2-1-5-17-11/h6-7,10-11,17H,1-5,8-9H2. The molecule has 6 nitrogen and oxygen atoms in total. The topological polar surface area (TPSA) is 71.3 Å². The molecule has 0 bridgehead atoms. The summed E-state index contributed by atoms with van der Waals surface area (Å²) >= 11 is 3.45. The van der Waals surface area contributed by atoms with E-state index >= 15 is 0 Å². The fourth-order valence-electron chi connectivity index (χ4n) is 2.91. The van der Waals surface area contributed by atoms with Crippen LogP contribution < -0.4 is 10.2 Å². The van der Waals surface area contributed by atoms with E-state index in [1.165, 1.54) is 25.5 Å². The Bertz CT molecular complexity index is 530. The lowest BCUT2D eigenvalue weighted by molar-refractivity contribution is -0.384. The number of aromatic nitrogens is 1. The zero-order valence-corrected chi connectivity index (χ0v) is 13.4. The van der Waals surface area contributed by atoms with Gasteiger partial charge in [0.2, 0.25) is 0 Å². The van der Waals surface area contributed by atoms with E-state index in [-0.39, 0.29) is 10.6 Å². The Morgan fingerprint density at radius 3 is 2.81 bits per heavy atom. The number of nitrogens with zero attached hydrogens (tertiary/aromatic N) is 3. The number of nitro groups is 1. The molecule has 0 aromatic carbocycles. The largest absolute Gasteiger partial charge is 0.363 e. The van der Waals surface area contributed by atoms with Gasteiger partial charge in [0.15, 0.2) is 0 Å². The van der Waals surface area contributed by atoms with Gasteiger partial charge in [-0.05, 0) is 54.1 Å². The number of hydrogen-bond donors (Lipinski definition) is 1. The highest BCUT2D eigenvalue weighted by Crippen LogP contribution is 2.38. The highest BCUT2D eigenvalue weighted by molar-refractivity contribution is 9.10. The van der Waals surface area contributed by atoms with Gasteiger partial charge in [0.1, 0.15) is 11.9 Å². The summed E-state index contributed by atoms with van der Waals surface area (Å²) in [6, 6.07) is 0.420. The van der Waals surface area contributed by atoms with Crippen LogP contribution in [-0.2, 0) is 0 Å². The predicted molar refractivity (Wildman–Crippen MR) is 84.6 cm³/mol. The van der Waals surface area contributed by atoms with Gasteiger partial charge in [0, 0.05) is 25.3 Å². The Morgan fingerprint density at radius 1 is 1.38 bits per heavy atom. The summed E-state index contributed by atoms with van der Waals surface area (Å²) in [5, 5.41) is 14.8. The van der Waals surface area contributed by atoms with Gasteiger partial charge in [0.05, 0.1) is 9.40 Å². The van der Waals surface area contributed by atoms with Gasteiger partial charge in [-0.2, -0.15) is 0 Å². The van der Waals surface area contributed by atoms with Crippen molar-refractivity contribution in [2.75, 3.05) is 24.5 Å². The van der Waals surface area contributed by atoms with Crippen LogP contribution in [0, 0.1) is 16.0 Å². The molecule has 1 aromatic heterocycles. The molecule has 1 aromatic rings. The molecule has 7 heteroatoms. The first kappa shape index (κ1) is 14.7. The average Bonchev–Trinajstić information content (AvgIpc) is 3.11. The molecule has 114 valence electrons. The van der Waals surface area contributed by atoms with Crippen molar-refractivity contribution in [1.82, 2.24) is 10.3 Å². The summed E-state index contributed by atoms with van der Waals surface area (Å²) in [5.74, 6) is 0.672. The highest BCUT2D eigenvalue weighted by atomic mass is 79.9. The van der Waals surface area contributed by atoms with E-state index in [1.54, 1.807) is 6.20 Å². The smallest absolute Gasteiger partial charge is 0.311 e. The van der Waals surface area contributed by atoms with Crippen molar-refractivity contribution in [1.29, 1.82) is 0 Å². The Kier molecular flexibility index (Phi) is 4.40. The third-order valence-corrected chi connectivity index (χ3v) is 4.73. The van der Waals surface area contributed by atoms with Crippen LogP contribution in [0.1, 0.15) is 25.7 Å². The first-order valence-electron chi connectivity index (χ1n) is 7.41. The molecular weight excluding hydrogens is 336 g/mol. The minimum absolute atomic E-state index is 0.0861. The minimum Gasteiger partial charge on any atom is -0.363 e. The second-order valence-corrected chi connectivity index (χ2v) is 6.74. The number of nitrogens with one attached hydrogen (secondary N) is 1. The molecule has 3 rings (SSSR count). The molecule has 1 saturated carbocycles.